The van der Waals surface area contributed by atoms with Gasteiger partial charge in [0.15, 0.2) is 17.3 Å². The number of allylic oxidation sites excluding steroid dienone is 1. The van der Waals surface area contributed by atoms with E-state index in [1.165, 1.54) is 0 Å². The van der Waals surface area contributed by atoms with Crippen molar-refractivity contribution in [1.82, 2.24) is 0 Å². The predicted octanol–water partition coefficient (Wildman–Crippen LogP) is -0.877. The molecule has 27 heavy (non-hydrogen) atoms. The van der Waals surface area contributed by atoms with Crippen molar-refractivity contribution in [3.8, 4) is 0 Å². The van der Waals surface area contributed by atoms with Gasteiger partial charge in [-0.05, 0) is 41.5 Å². The van der Waals surface area contributed by atoms with Crippen molar-refractivity contribution in [3.05, 3.63) is 52.3 Å². The van der Waals surface area contributed by atoms with Gasteiger partial charge in [0.05, 0.1) is 5.57 Å². The first-order valence-corrected chi connectivity index (χ1v) is 8.38. The van der Waals surface area contributed by atoms with Crippen LogP contribution >= 0.6 is 0 Å². The molecule has 4 rings (SSSR count). The molecule has 140 valence electrons. The van der Waals surface area contributed by atoms with Gasteiger partial charge in [0.2, 0.25) is 11.7 Å². The van der Waals surface area contributed by atoms with Crippen LogP contribution in [0.1, 0.15) is 17.5 Å². The lowest BCUT2D eigenvalue weighted by Crippen LogP contribution is -2.71. The quantitative estimate of drug-likeness (QED) is 0.317. The number of rotatable bonds is 1. The zero-order chi connectivity index (χ0) is 19.7. The highest BCUT2D eigenvalue weighted by Gasteiger charge is 2.69. The van der Waals surface area contributed by atoms with Crippen LogP contribution in [0.4, 0.5) is 0 Å². The molecule has 0 spiro atoms. The van der Waals surface area contributed by atoms with E-state index in [0.29, 0.717) is 12.0 Å². The molecule has 3 atom stereocenters. The van der Waals surface area contributed by atoms with Crippen molar-refractivity contribution in [1.29, 1.82) is 0 Å². The van der Waals surface area contributed by atoms with E-state index in [2.05, 4.69) is 0 Å². The summed E-state index contributed by atoms with van der Waals surface area (Å²) in [6.07, 6.45) is 1.62. The van der Waals surface area contributed by atoms with Crippen LogP contribution in [0.2, 0.25) is 0 Å². The fraction of sp³-hybridized carbons (Fsp3) is 0.316. The van der Waals surface area contributed by atoms with E-state index in [1.807, 2.05) is 18.2 Å². The molecule has 6 N–H and O–H groups in total. The number of benzene rings is 1. The first-order chi connectivity index (χ1) is 12.6. The molecule has 1 aromatic rings. The highest BCUT2D eigenvalue weighted by Crippen LogP contribution is 2.51. The first-order valence-electron chi connectivity index (χ1n) is 8.38. The van der Waals surface area contributed by atoms with Gasteiger partial charge in [-0.1, -0.05) is 24.3 Å². The number of primary amides is 1. The number of carbonyl (C=O) groups excluding carboxylic acids is 3. The minimum absolute atomic E-state index is 0.329. The summed E-state index contributed by atoms with van der Waals surface area (Å²) < 4.78 is 0. The Labute approximate surface area is 153 Å². The average Bonchev–Trinajstić information content (AvgIpc) is 2.59. The molecule has 8 heteroatoms. The van der Waals surface area contributed by atoms with Crippen molar-refractivity contribution in [2.75, 3.05) is 0 Å². The summed E-state index contributed by atoms with van der Waals surface area (Å²) in [6.45, 7) is 0. The van der Waals surface area contributed by atoms with Crippen LogP contribution in [-0.2, 0) is 20.8 Å². The lowest BCUT2D eigenvalue weighted by Gasteiger charge is -2.49. The van der Waals surface area contributed by atoms with Crippen LogP contribution < -0.4 is 5.73 Å². The Hall–Kier alpha value is -2.81. The predicted molar refractivity (Wildman–Crippen MR) is 90.7 cm³/mol. The van der Waals surface area contributed by atoms with E-state index in [9.17, 15) is 34.8 Å². The molecule has 1 fully saturated rings. The van der Waals surface area contributed by atoms with Gasteiger partial charge in [0.25, 0.3) is 5.79 Å². The number of carbonyl (C=O) groups is 3. The molecule has 1 aromatic carbocycles. The van der Waals surface area contributed by atoms with Crippen LogP contribution in [0.25, 0.3) is 6.08 Å². The summed E-state index contributed by atoms with van der Waals surface area (Å²) in [5.74, 6) is -11.0. The Morgan fingerprint density at radius 1 is 1.15 bits per heavy atom. The van der Waals surface area contributed by atoms with Crippen LogP contribution in [-0.4, -0.2) is 49.3 Å². The highest BCUT2D eigenvalue weighted by atomic mass is 16.5. The molecular formula is C19H17NO7. The van der Waals surface area contributed by atoms with Crippen molar-refractivity contribution >= 4 is 23.5 Å². The second kappa shape index (κ2) is 5.35. The van der Waals surface area contributed by atoms with E-state index in [0.717, 1.165) is 11.1 Å². The summed E-state index contributed by atoms with van der Waals surface area (Å²) in [5, 5.41) is 42.4. The van der Waals surface area contributed by atoms with Crippen molar-refractivity contribution in [2.24, 2.45) is 17.6 Å². The van der Waals surface area contributed by atoms with Crippen LogP contribution in [0.3, 0.4) is 0 Å². The van der Waals surface area contributed by atoms with Gasteiger partial charge in [0.1, 0.15) is 5.76 Å². The van der Waals surface area contributed by atoms with Gasteiger partial charge in [-0.15, -0.1) is 0 Å². The summed E-state index contributed by atoms with van der Waals surface area (Å²) in [6, 6.07) is 7.30. The largest absolute Gasteiger partial charge is 0.507 e. The molecule has 0 aliphatic heterocycles. The molecule has 3 aliphatic rings. The molecule has 1 saturated carbocycles. The number of ketones is 2. The van der Waals surface area contributed by atoms with Gasteiger partial charge in [0, 0.05) is 0 Å². The Morgan fingerprint density at radius 2 is 1.81 bits per heavy atom. The molecule has 8 nitrogen and oxygen atoms in total. The lowest BCUT2D eigenvalue weighted by atomic mass is 9.59. The van der Waals surface area contributed by atoms with Gasteiger partial charge >= 0.3 is 0 Å². The molecule has 3 unspecified atom stereocenters. The zero-order valence-corrected chi connectivity index (χ0v) is 14.0. The standard InChI is InChI=1S/C19H17NO7/c20-17(24)12-15(22)13-14(21)11-6-9-4-2-1-3-8(9)5-10(11)7-18(13,25)19(26,27)16(12)23/h1-4,6,10,12,21,25-27H,5,7H2,(H2,20,24). The number of aliphatic hydroxyl groups is 4. The Balaban J connectivity index is 1.97. The number of Topliss-reactive ketones (excluding diaryl/α,β-unsaturated/α-hetero) is 2. The minimum Gasteiger partial charge on any atom is -0.507 e. The molecular weight excluding hydrogens is 354 g/mol. The summed E-state index contributed by atoms with van der Waals surface area (Å²) >= 11 is 0. The summed E-state index contributed by atoms with van der Waals surface area (Å²) in [5.41, 5.74) is 3.61. The molecule has 0 heterocycles. The number of hydrogen-bond acceptors (Lipinski definition) is 7. The fourth-order valence-electron chi connectivity index (χ4n) is 4.33. The highest BCUT2D eigenvalue weighted by molar-refractivity contribution is 6.28. The number of amides is 1. The molecule has 0 saturated heterocycles. The third-order valence-electron chi connectivity index (χ3n) is 5.71. The fourth-order valence-corrected chi connectivity index (χ4v) is 4.33. The van der Waals surface area contributed by atoms with Crippen molar-refractivity contribution in [3.63, 3.8) is 0 Å². The topological polar surface area (TPSA) is 158 Å². The van der Waals surface area contributed by atoms with E-state index < -0.39 is 52.0 Å². The third-order valence-corrected chi connectivity index (χ3v) is 5.71. The van der Waals surface area contributed by atoms with Crippen LogP contribution in [0, 0.1) is 11.8 Å². The minimum atomic E-state index is -3.44. The van der Waals surface area contributed by atoms with E-state index in [-0.39, 0.29) is 6.42 Å². The van der Waals surface area contributed by atoms with Crippen LogP contribution in [0.5, 0.6) is 0 Å². The molecule has 0 aromatic heterocycles. The molecule has 0 bridgehead atoms. The Morgan fingerprint density at radius 3 is 2.48 bits per heavy atom. The maximum Gasteiger partial charge on any atom is 0.259 e. The smallest absolute Gasteiger partial charge is 0.259 e. The van der Waals surface area contributed by atoms with Gasteiger partial charge in [-0.2, -0.15) is 0 Å². The SMILES string of the molecule is NC(=O)C1C(=O)C2=C(O)C3=Cc4ccccc4CC3CC2(O)C(O)(O)C1=O. The summed E-state index contributed by atoms with van der Waals surface area (Å²) in [4.78, 5) is 36.6. The number of hydrogen-bond donors (Lipinski definition) is 5. The first kappa shape index (κ1) is 17.6. The van der Waals surface area contributed by atoms with Gasteiger partial charge < -0.3 is 26.2 Å². The second-order valence-corrected chi connectivity index (χ2v) is 7.22. The van der Waals surface area contributed by atoms with Crippen molar-refractivity contribution in [2.45, 2.75) is 24.2 Å². The third kappa shape index (κ3) is 2.11. The number of fused-ring (bicyclic) bond motifs is 3. The van der Waals surface area contributed by atoms with E-state index >= 15 is 0 Å². The molecule has 1 amide bonds. The second-order valence-electron chi connectivity index (χ2n) is 7.22. The Bertz CT molecular complexity index is 974. The lowest BCUT2D eigenvalue weighted by molar-refractivity contribution is -0.258. The molecule has 0 radical (unpaired) electrons. The number of aliphatic hydroxyl groups excluding tert-OH is 1. The van der Waals surface area contributed by atoms with Crippen molar-refractivity contribution < 1.29 is 34.8 Å². The Kier molecular flexibility index (Phi) is 3.49. The van der Waals surface area contributed by atoms with E-state index in [4.69, 9.17) is 5.73 Å². The monoisotopic (exact) mass is 371 g/mol. The molecule has 3 aliphatic carbocycles. The normalized spacial score (nSPS) is 31.6. The maximum atomic E-state index is 12.7. The zero-order valence-electron chi connectivity index (χ0n) is 14.0. The van der Waals surface area contributed by atoms with Crippen LogP contribution in [0.15, 0.2) is 41.2 Å². The van der Waals surface area contributed by atoms with E-state index in [1.54, 1.807) is 12.1 Å². The van der Waals surface area contributed by atoms with Gasteiger partial charge in [-0.3, -0.25) is 14.4 Å². The average molecular weight is 371 g/mol. The summed E-state index contributed by atoms with van der Waals surface area (Å²) in [7, 11) is 0. The van der Waals surface area contributed by atoms with Gasteiger partial charge in [-0.25, -0.2) is 0 Å². The maximum absolute atomic E-state index is 12.7. The number of nitrogens with two attached hydrogens (primary N) is 1.